The molecule has 2 saturated heterocycles. The highest BCUT2D eigenvalue weighted by molar-refractivity contribution is 8.00. The van der Waals surface area contributed by atoms with Crippen LogP contribution in [0.2, 0.25) is 0 Å². The second-order valence-corrected chi connectivity index (χ2v) is 11.1. The van der Waals surface area contributed by atoms with Crippen LogP contribution in [0.1, 0.15) is 56.7 Å². The van der Waals surface area contributed by atoms with Crippen molar-refractivity contribution >= 4 is 40.8 Å². The Kier molecular flexibility index (Phi) is 8.88. The molecule has 34 heavy (non-hydrogen) atoms. The Morgan fingerprint density at radius 1 is 1.18 bits per heavy atom. The molecule has 2 fully saturated rings. The Balaban J connectivity index is 1.46. The molecule has 2 aliphatic heterocycles. The first-order valence-electron chi connectivity index (χ1n) is 11.9. The van der Waals surface area contributed by atoms with Crippen LogP contribution in [0, 0.1) is 0 Å². The molecule has 3 heterocycles. The van der Waals surface area contributed by atoms with Gasteiger partial charge in [0.05, 0.1) is 11.4 Å². The topological polar surface area (TPSA) is 85.9 Å². The summed E-state index contributed by atoms with van der Waals surface area (Å²) in [6.45, 7) is 2.78. The number of hydrogen-bond donors (Lipinski definition) is 2. The van der Waals surface area contributed by atoms with Crippen molar-refractivity contribution in [2.75, 3.05) is 24.3 Å². The van der Waals surface area contributed by atoms with Gasteiger partial charge < -0.3 is 9.47 Å². The number of hydrogen-bond acceptors (Lipinski definition) is 7. The molecule has 0 saturated carbocycles. The van der Waals surface area contributed by atoms with Crippen molar-refractivity contribution < 1.29 is 23.9 Å². The summed E-state index contributed by atoms with van der Waals surface area (Å²) in [5.41, 5.74) is 4.35. The number of nitrogens with one attached hydrogen (secondary N) is 2. The number of carbonyl (C=O) groups excluding carboxylic acids is 2. The second kappa shape index (κ2) is 12.1. The highest BCUT2D eigenvalue weighted by atomic mass is 32.2. The van der Waals surface area contributed by atoms with Crippen molar-refractivity contribution in [3.8, 4) is 10.4 Å². The Hall–Kier alpha value is -2.07. The van der Waals surface area contributed by atoms with Gasteiger partial charge in [-0.2, -0.15) is 0 Å². The zero-order chi connectivity index (χ0) is 23.8. The van der Waals surface area contributed by atoms with Crippen LogP contribution in [0.15, 0.2) is 36.4 Å². The summed E-state index contributed by atoms with van der Waals surface area (Å²) in [5.74, 6) is 0.922. The third kappa shape index (κ3) is 6.53. The molecule has 2 N–H and O–H groups in total. The third-order valence-electron chi connectivity index (χ3n) is 5.97. The predicted octanol–water partition coefficient (Wildman–Crippen LogP) is 6.06. The molecule has 0 spiro atoms. The fourth-order valence-electron chi connectivity index (χ4n) is 4.28. The quantitative estimate of drug-likeness (QED) is 0.425. The second-order valence-electron chi connectivity index (χ2n) is 8.51. The van der Waals surface area contributed by atoms with E-state index in [1.54, 1.807) is 18.3 Å². The number of benzene rings is 1. The monoisotopic (exact) mass is 504 g/mol. The predicted molar refractivity (Wildman–Crippen MR) is 136 cm³/mol. The van der Waals surface area contributed by atoms with Gasteiger partial charge in [-0.15, -0.1) is 23.1 Å². The third-order valence-corrected chi connectivity index (χ3v) is 9.05. The summed E-state index contributed by atoms with van der Waals surface area (Å²) in [6, 6.07) is 12.0. The van der Waals surface area contributed by atoms with Crippen molar-refractivity contribution in [2.24, 2.45) is 0 Å². The molecule has 0 aliphatic carbocycles. The van der Waals surface area contributed by atoms with E-state index in [4.69, 9.17) is 14.3 Å². The van der Waals surface area contributed by atoms with Gasteiger partial charge in [-0.3, -0.25) is 10.1 Å². The van der Waals surface area contributed by atoms with Gasteiger partial charge >= 0.3 is 6.09 Å². The van der Waals surface area contributed by atoms with Crippen LogP contribution in [-0.2, 0) is 23.9 Å². The molecular formula is C25H32N2O5S2. The summed E-state index contributed by atoms with van der Waals surface area (Å²) in [6.07, 6.45) is 5.67. The SMILES string of the molecule is CCOC(=O)Nc1cccc(-c2ccc([C@@]3(CC(=O)NOC4CCCCO4)CCCCS3)s2)c1. The van der Waals surface area contributed by atoms with Gasteiger partial charge in [-0.05, 0) is 68.2 Å². The van der Waals surface area contributed by atoms with Gasteiger partial charge in [0.2, 0.25) is 5.91 Å². The van der Waals surface area contributed by atoms with Crippen molar-refractivity contribution in [3.63, 3.8) is 0 Å². The summed E-state index contributed by atoms with van der Waals surface area (Å²) in [4.78, 5) is 32.5. The molecule has 4 rings (SSSR count). The number of thioether (sulfide) groups is 1. The lowest BCUT2D eigenvalue weighted by atomic mass is 9.94. The molecule has 2 aromatic rings. The van der Waals surface area contributed by atoms with Gasteiger partial charge in [-0.1, -0.05) is 18.6 Å². The van der Waals surface area contributed by atoms with Gasteiger partial charge in [0.25, 0.3) is 0 Å². The summed E-state index contributed by atoms with van der Waals surface area (Å²) >= 11 is 3.58. The van der Waals surface area contributed by atoms with E-state index in [0.717, 1.165) is 48.3 Å². The highest BCUT2D eigenvalue weighted by Crippen LogP contribution is 2.51. The zero-order valence-corrected chi connectivity index (χ0v) is 21.1. The Morgan fingerprint density at radius 3 is 2.85 bits per heavy atom. The van der Waals surface area contributed by atoms with Gasteiger partial charge in [0.15, 0.2) is 6.29 Å². The maximum absolute atomic E-state index is 12.9. The molecule has 1 unspecified atom stereocenters. The van der Waals surface area contributed by atoms with Crippen LogP contribution in [0.4, 0.5) is 10.5 Å². The van der Waals surface area contributed by atoms with Crippen LogP contribution in [-0.4, -0.2) is 37.3 Å². The van der Waals surface area contributed by atoms with Crippen molar-refractivity contribution in [1.82, 2.24) is 5.48 Å². The Labute approximate surface area is 208 Å². The van der Waals surface area contributed by atoms with Crippen LogP contribution in [0.25, 0.3) is 10.4 Å². The normalized spacial score (nSPS) is 22.7. The number of rotatable bonds is 8. The molecule has 184 valence electrons. The lowest BCUT2D eigenvalue weighted by Gasteiger charge is -2.35. The molecule has 7 nitrogen and oxygen atoms in total. The summed E-state index contributed by atoms with van der Waals surface area (Å²) in [5, 5.41) is 2.76. The minimum absolute atomic E-state index is 0.112. The lowest BCUT2D eigenvalue weighted by Crippen LogP contribution is -2.37. The lowest BCUT2D eigenvalue weighted by molar-refractivity contribution is -0.200. The van der Waals surface area contributed by atoms with E-state index in [-0.39, 0.29) is 16.9 Å². The van der Waals surface area contributed by atoms with Crippen molar-refractivity contribution in [3.05, 3.63) is 41.3 Å². The number of amides is 2. The highest BCUT2D eigenvalue weighted by Gasteiger charge is 2.38. The van der Waals surface area contributed by atoms with Gasteiger partial charge in [0, 0.05) is 34.9 Å². The first-order chi connectivity index (χ1) is 16.6. The molecule has 2 aliphatic rings. The standard InChI is InChI=1S/C25H32N2O5S2/c1-2-30-24(29)26-19-9-7-8-18(16-19)20-11-12-21(34-20)25(13-4-6-15-33-25)17-22(28)27-32-23-10-3-5-14-31-23/h7-9,11-12,16,23H,2-6,10,13-15,17H2,1H3,(H,26,29)(H,27,28)/t23?,25-/m0/s1. The number of anilines is 1. The molecule has 2 atom stereocenters. The van der Waals surface area contributed by atoms with Gasteiger partial charge in [0.1, 0.15) is 0 Å². The van der Waals surface area contributed by atoms with E-state index in [2.05, 4.69) is 22.9 Å². The fraction of sp³-hybridized carbons (Fsp3) is 0.520. The molecule has 1 aromatic heterocycles. The Morgan fingerprint density at radius 2 is 2.09 bits per heavy atom. The summed E-state index contributed by atoms with van der Waals surface area (Å²) < 4.78 is 10.3. The maximum Gasteiger partial charge on any atom is 0.411 e. The van der Waals surface area contributed by atoms with Crippen molar-refractivity contribution in [1.29, 1.82) is 0 Å². The fourth-order valence-corrected chi connectivity index (χ4v) is 7.16. The number of ether oxygens (including phenoxy) is 2. The van der Waals surface area contributed by atoms with Gasteiger partial charge in [-0.25, -0.2) is 15.1 Å². The molecular weight excluding hydrogens is 472 g/mol. The van der Waals surface area contributed by atoms with E-state index < -0.39 is 6.09 Å². The largest absolute Gasteiger partial charge is 0.450 e. The molecule has 1 aromatic carbocycles. The minimum atomic E-state index is -0.462. The molecule has 9 heteroatoms. The number of carbonyl (C=O) groups is 2. The first-order valence-corrected chi connectivity index (χ1v) is 13.7. The molecule has 0 radical (unpaired) electrons. The summed E-state index contributed by atoms with van der Waals surface area (Å²) in [7, 11) is 0. The first kappa shape index (κ1) is 25.0. The van der Waals surface area contributed by atoms with Crippen LogP contribution in [0.3, 0.4) is 0 Å². The van der Waals surface area contributed by atoms with E-state index in [1.165, 1.54) is 11.3 Å². The van der Waals surface area contributed by atoms with Crippen LogP contribution < -0.4 is 10.8 Å². The van der Waals surface area contributed by atoms with Crippen LogP contribution >= 0.6 is 23.1 Å². The zero-order valence-electron chi connectivity index (χ0n) is 19.5. The van der Waals surface area contributed by atoms with E-state index >= 15 is 0 Å². The van der Waals surface area contributed by atoms with Crippen molar-refractivity contribution in [2.45, 2.75) is 62.9 Å². The number of hydroxylamine groups is 1. The molecule has 2 amide bonds. The van der Waals surface area contributed by atoms with E-state index in [1.807, 2.05) is 36.0 Å². The molecule has 0 bridgehead atoms. The number of thiophene rings is 1. The Bertz CT molecular complexity index is 968. The van der Waals surface area contributed by atoms with E-state index in [9.17, 15) is 9.59 Å². The minimum Gasteiger partial charge on any atom is -0.450 e. The average Bonchev–Trinajstić information content (AvgIpc) is 3.36. The van der Waals surface area contributed by atoms with Crippen LogP contribution in [0.5, 0.6) is 0 Å². The van der Waals surface area contributed by atoms with E-state index in [0.29, 0.717) is 25.3 Å². The average molecular weight is 505 g/mol. The maximum atomic E-state index is 12.9. The smallest absolute Gasteiger partial charge is 0.411 e.